The Balaban J connectivity index is 2.11. The van der Waals surface area contributed by atoms with E-state index in [0.717, 1.165) is 12.6 Å². The van der Waals surface area contributed by atoms with Crippen molar-refractivity contribution in [2.45, 2.75) is 25.8 Å². The van der Waals surface area contributed by atoms with Gasteiger partial charge in [-0.3, -0.25) is 4.90 Å². The van der Waals surface area contributed by atoms with Crippen LogP contribution in [0.25, 0.3) is 0 Å². The zero-order chi connectivity index (χ0) is 8.81. The average molecular weight is 188 g/mol. The summed E-state index contributed by atoms with van der Waals surface area (Å²) in [5, 5.41) is 0. The third-order valence-corrected chi connectivity index (χ3v) is 3.59. The number of unbranched alkanes of at least 4 members (excludes halogenated alkanes) is 1. The highest BCUT2D eigenvalue weighted by Gasteiger charge is 2.17. The molecule has 1 fully saturated rings. The van der Waals surface area contributed by atoms with Crippen LogP contribution in [0.1, 0.15) is 19.8 Å². The molecule has 2 N–H and O–H groups in total. The monoisotopic (exact) mass is 188 g/mol. The summed E-state index contributed by atoms with van der Waals surface area (Å²) in [5.41, 5.74) is 5.46. The number of nitrogens with zero attached hydrogens (tertiary/aromatic N) is 1. The maximum absolute atomic E-state index is 5.46. The topological polar surface area (TPSA) is 29.3 Å². The van der Waals surface area contributed by atoms with E-state index >= 15 is 0 Å². The summed E-state index contributed by atoms with van der Waals surface area (Å²) in [6.45, 7) is 5.70. The summed E-state index contributed by atoms with van der Waals surface area (Å²) in [6, 6.07) is 0.779. The molecule has 0 aromatic rings. The third kappa shape index (κ3) is 3.33. The van der Waals surface area contributed by atoms with Crippen molar-refractivity contribution in [1.82, 2.24) is 4.90 Å². The lowest BCUT2D eigenvalue weighted by molar-refractivity contribution is 0.228. The first-order valence-corrected chi connectivity index (χ1v) is 6.02. The normalized spacial score (nSPS) is 26.0. The van der Waals surface area contributed by atoms with E-state index < -0.39 is 0 Å². The van der Waals surface area contributed by atoms with Gasteiger partial charge in [-0.05, 0) is 32.9 Å². The van der Waals surface area contributed by atoms with Crippen molar-refractivity contribution in [2.75, 3.05) is 31.1 Å². The minimum absolute atomic E-state index is 0.779. The molecule has 0 saturated carbocycles. The molecular formula is C9H20N2S. The molecule has 1 unspecified atom stereocenters. The van der Waals surface area contributed by atoms with Gasteiger partial charge in [0.1, 0.15) is 0 Å². The molecule has 1 heterocycles. The van der Waals surface area contributed by atoms with Crippen molar-refractivity contribution in [3.05, 3.63) is 0 Å². The van der Waals surface area contributed by atoms with E-state index in [0.29, 0.717) is 0 Å². The molecule has 12 heavy (non-hydrogen) atoms. The van der Waals surface area contributed by atoms with E-state index in [9.17, 15) is 0 Å². The number of rotatable bonds is 4. The van der Waals surface area contributed by atoms with Crippen molar-refractivity contribution >= 4 is 11.8 Å². The first-order valence-electron chi connectivity index (χ1n) is 4.86. The van der Waals surface area contributed by atoms with E-state index in [1.807, 2.05) is 0 Å². The van der Waals surface area contributed by atoms with Crippen LogP contribution in [0.2, 0.25) is 0 Å². The van der Waals surface area contributed by atoms with Crippen LogP contribution in [0.5, 0.6) is 0 Å². The van der Waals surface area contributed by atoms with Gasteiger partial charge in [0.2, 0.25) is 0 Å². The van der Waals surface area contributed by atoms with E-state index in [2.05, 4.69) is 23.6 Å². The quantitative estimate of drug-likeness (QED) is 0.671. The molecule has 1 aliphatic rings. The Labute approximate surface area is 79.9 Å². The Morgan fingerprint density at radius 2 is 2.33 bits per heavy atom. The largest absolute Gasteiger partial charge is 0.330 e. The van der Waals surface area contributed by atoms with Crippen LogP contribution >= 0.6 is 11.8 Å². The fraction of sp³-hybridized carbons (Fsp3) is 1.00. The molecule has 0 aromatic carbocycles. The average Bonchev–Trinajstić information content (AvgIpc) is 2.09. The van der Waals surface area contributed by atoms with Crippen molar-refractivity contribution in [3.63, 3.8) is 0 Å². The van der Waals surface area contributed by atoms with Crippen LogP contribution in [0.4, 0.5) is 0 Å². The van der Waals surface area contributed by atoms with Crippen LogP contribution in [0.15, 0.2) is 0 Å². The lowest BCUT2D eigenvalue weighted by Crippen LogP contribution is -2.40. The van der Waals surface area contributed by atoms with E-state index in [-0.39, 0.29) is 0 Å². The summed E-state index contributed by atoms with van der Waals surface area (Å²) in [4.78, 5) is 2.59. The lowest BCUT2D eigenvalue weighted by Gasteiger charge is -2.32. The van der Waals surface area contributed by atoms with Crippen molar-refractivity contribution < 1.29 is 0 Å². The SMILES string of the molecule is CC1CSCCN1CCCCN. The Kier molecular flexibility index (Phi) is 5.04. The maximum atomic E-state index is 5.46. The van der Waals surface area contributed by atoms with Gasteiger partial charge in [-0.1, -0.05) is 0 Å². The van der Waals surface area contributed by atoms with Gasteiger partial charge >= 0.3 is 0 Å². The Bertz CT molecular complexity index is 119. The van der Waals surface area contributed by atoms with Crippen molar-refractivity contribution in [1.29, 1.82) is 0 Å². The fourth-order valence-electron chi connectivity index (χ4n) is 1.55. The van der Waals surface area contributed by atoms with Crippen molar-refractivity contribution in [3.8, 4) is 0 Å². The zero-order valence-corrected chi connectivity index (χ0v) is 8.78. The molecule has 1 aliphatic heterocycles. The van der Waals surface area contributed by atoms with Gasteiger partial charge in [-0.2, -0.15) is 11.8 Å². The Hall–Kier alpha value is 0.270. The van der Waals surface area contributed by atoms with Crippen LogP contribution < -0.4 is 5.73 Å². The summed E-state index contributed by atoms with van der Waals surface area (Å²) >= 11 is 2.08. The molecule has 2 nitrogen and oxygen atoms in total. The highest BCUT2D eigenvalue weighted by Crippen LogP contribution is 2.15. The number of hydrogen-bond donors (Lipinski definition) is 1. The summed E-state index contributed by atoms with van der Waals surface area (Å²) in [7, 11) is 0. The first kappa shape index (κ1) is 10.4. The second-order valence-electron chi connectivity index (χ2n) is 3.46. The van der Waals surface area contributed by atoms with E-state index in [1.54, 1.807) is 0 Å². The minimum Gasteiger partial charge on any atom is -0.330 e. The number of hydrogen-bond acceptors (Lipinski definition) is 3. The smallest absolute Gasteiger partial charge is 0.0158 e. The summed E-state index contributed by atoms with van der Waals surface area (Å²) < 4.78 is 0. The highest BCUT2D eigenvalue weighted by molar-refractivity contribution is 7.99. The van der Waals surface area contributed by atoms with Gasteiger partial charge in [0.25, 0.3) is 0 Å². The van der Waals surface area contributed by atoms with Crippen LogP contribution in [-0.4, -0.2) is 42.1 Å². The molecule has 0 amide bonds. The second kappa shape index (κ2) is 5.84. The van der Waals surface area contributed by atoms with E-state index in [1.165, 1.54) is 37.4 Å². The lowest BCUT2D eigenvalue weighted by atomic mass is 10.2. The third-order valence-electron chi connectivity index (χ3n) is 2.40. The Morgan fingerprint density at radius 1 is 1.50 bits per heavy atom. The van der Waals surface area contributed by atoms with Crippen molar-refractivity contribution in [2.24, 2.45) is 5.73 Å². The molecule has 72 valence electrons. The standard InChI is InChI=1S/C9H20N2S/c1-9-8-12-7-6-11(9)5-3-2-4-10/h9H,2-8,10H2,1H3. The predicted octanol–water partition coefficient (Wildman–Crippen LogP) is 1.16. The molecule has 1 rings (SSSR count). The molecule has 0 bridgehead atoms. The molecule has 1 atom stereocenters. The predicted molar refractivity (Wildman–Crippen MR) is 56.6 cm³/mol. The van der Waals surface area contributed by atoms with E-state index in [4.69, 9.17) is 5.73 Å². The Morgan fingerprint density at radius 3 is 3.00 bits per heavy atom. The van der Waals surface area contributed by atoms with Gasteiger partial charge in [0.05, 0.1) is 0 Å². The van der Waals surface area contributed by atoms with Gasteiger partial charge in [-0.15, -0.1) is 0 Å². The molecule has 0 radical (unpaired) electrons. The van der Waals surface area contributed by atoms with Crippen LogP contribution in [0, 0.1) is 0 Å². The number of thioether (sulfide) groups is 1. The molecule has 0 aliphatic carbocycles. The summed E-state index contributed by atoms with van der Waals surface area (Å²) in [5.74, 6) is 2.62. The second-order valence-corrected chi connectivity index (χ2v) is 4.61. The molecular weight excluding hydrogens is 168 g/mol. The molecule has 0 spiro atoms. The molecule has 0 aromatic heterocycles. The molecule has 1 saturated heterocycles. The fourth-order valence-corrected chi connectivity index (χ4v) is 2.64. The van der Waals surface area contributed by atoms with Crippen LogP contribution in [0.3, 0.4) is 0 Å². The van der Waals surface area contributed by atoms with Gasteiger partial charge in [-0.25, -0.2) is 0 Å². The highest BCUT2D eigenvalue weighted by atomic mass is 32.2. The maximum Gasteiger partial charge on any atom is 0.0158 e. The summed E-state index contributed by atoms with van der Waals surface area (Å²) in [6.07, 6.45) is 2.45. The first-order chi connectivity index (χ1) is 5.84. The number of nitrogens with two attached hydrogens (primary N) is 1. The minimum atomic E-state index is 0.779. The van der Waals surface area contributed by atoms with Crippen LogP contribution in [-0.2, 0) is 0 Å². The van der Waals surface area contributed by atoms with Gasteiger partial charge in [0, 0.05) is 24.1 Å². The van der Waals surface area contributed by atoms with Gasteiger partial charge < -0.3 is 5.73 Å². The zero-order valence-electron chi connectivity index (χ0n) is 7.96. The molecule has 3 heteroatoms. The van der Waals surface area contributed by atoms with Gasteiger partial charge in [0.15, 0.2) is 0 Å².